The molecule has 0 fully saturated rings. The molecule has 7 heteroatoms. The van der Waals surface area contributed by atoms with Crippen LogP contribution < -0.4 is 5.73 Å². The summed E-state index contributed by atoms with van der Waals surface area (Å²) < 4.78 is 34.1. The Morgan fingerprint density at radius 1 is 1.19 bits per heavy atom. The average Bonchev–Trinajstić information content (AvgIpc) is 2.87. The van der Waals surface area contributed by atoms with Crippen molar-refractivity contribution in [1.82, 2.24) is 9.55 Å². The van der Waals surface area contributed by atoms with E-state index in [1.807, 2.05) is 0 Å². The standard InChI is InChI=1S/C19H19F2N3O2/c1-10-15(22)5-6-16(23-10)12-9-24(18(25)26-19(2,3)4)17-8-14(21)13(20)7-11(12)17/h5-9H,22H2,1-4H3. The number of pyridine rings is 1. The zero-order valence-electron chi connectivity index (χ0n) is 14.9. The van der Waals surface area contributed by atoms with Gasteiger partial charge in [-0.25, -0.2) is 13.6 Å². The van der Waals surface area contributed by atoms with Gasteiger partial charge >= 0.3 is 6.09 Å². The molecule has 0 saturated heterocycles. The molecule has 2 aromatic heterocycles. The minimum Gasteiger partial charge on any atom is -0.443 e. The Bertz CT molecular complexity index is 1020. The number of hydrogen-bond donors (Lipinski definition) is 1. The molecule has 0 saturated carbocycles. The molecule has 2 heterocycles. The SMILES string of the molecule is Cc1nc(-c2cn(C(=O)OC(C)(C)C)c3cc(F)c(F)cc23)ccc1N. The lowest BCUT2D eigenvalue weighted by molar-refractivity contribution is 0.0544. The number of fused-ring (bicyclic) bond motifs is 1. The molecular weight excluding hydrogens is 340 g/mol. The Hall–Kier alpha value is -2.96. The highest BCUT2D eigenvalue weighted by molar-refractivity contribution is 6.00. The summed E-state index contributed by atoms with van der Waals surface area (Å²) >= 11 is 0. The van der Waals surface area contributed by atoms with E-state index in [2.05, 4.69) is 4.98 Å². The molecule has 3 aromatic rings. The fourth-order valence-corrected chi connectivity index (χ4v) is 2.61. The summed E-state index contributed by atoms with van der Waals surface area (Å²) in [4.78, 5) is 16.9. The average molecular weight is 359 g/mol. The minimum absolute atomic E-state index is 0.199. The maximum absolute atomic E-state index is 13.8. The maximum atomic E-state index is 13.8. The van der Waals surface area contributed by atoms with E-state index < -0.39 is 23.3 Å². The Kier molecular flexibility index (Phi) is 4.18. The van der Waals surface area contributed by atoms with Crippen LogP contribution in [0.25, 0.3) is 22.2 Å². The molecule has 0 aliphatic carbocycles. The lowest BCUT2D eigenvalue weighted by atomic mass is 10.1. The van der Waals surface area contributed by atoms with Crippen molar-refractivity contribution in [2.75, 3.05) is 5.73 Å². The molecule has 0 aliphatic heterocycles. The van der Waals surface area contributed by atoms with Crippen molar-refractivity contribution in [3.8, 4) is 11.3 Å². The first-order valence-electron chi connectivity index (χ1n) is 8.04. The number of nitrogens with two attached hydrogens (primary N) is 1. The molecule has 0 radical (unpaired) electrons. The van der Waals surface area contributed by atoms with Crippen LogP contribution in [0.4, 0.5) is 19.3 Å². The topological polar surface area (TPSA) is 70.1 Å². The molecule has 0 aliphatic rings. The molecule has 0 atom stereocenters. The first kappa shape index (κ1) is 17.8. The fourth-order valence-electron chi connectivity index (χ4n) is 2.61. The predicted octanol–water partition coefficient (Wildman–Crippen LogP) is 4.66. The molecule has 1 aromatic carbocycles. The van der Waals surface area contributed by atoms with Crippen molar-refractivity contribution in [2.24, 2.45) is 0 Å². The second kappa shape index (κ2) is 6.09. The molecule has 2 N–H and O–H groups in total. The number of carbonyl (C=O) groups is 1. The number of ether oxygens (including phenoxy) is 1. The predicted molar refractivity (Wildman–Crippen MR) is 95.9 cm³/mol. The minimum atomic E-state index is -1.05. The Morgan fingerprint density at radius 2 is 1.85 bits per heavy atom. The van der Waals surface area contributed by atoms with E-state index in [1.165, 1.54) is 6.20 Å². The number of hydrogen-bond acceptors (Lipinski definition) is 4. The van der Waals surface area contributed by atoms with Gasteiger partial charge in [0.15, 0.2) is 11.6 Å². The molecular formula is C19H19F2N3O2. The molecule has 0 bridgehead atoms. The molecule has 0 unspecified atom stereocenters. The highest BCUT2D eigenvalue weighted by atomic mass is 19.2. The van der Waals surface area contributed by atoms with Crippen LogP contribution in [0.2, 0.25) is 0 Å². The zero-order chi connectivity index (χ0) is 19.2. The van der Waals surface area contributed by atoms with Gasteiger partial charge in [0.05, 0.1) is 22.6 Å². The van der Waals surface area contributed by atoms with Gasteiger partial charge in [-0.3, -0.25) is 9.55 Å². The van der Waals surface area contributed by atoms with Gasteiger partial charge in [0.1, 0.15) is 5.60 Å². The van der Waals surface area contributed by atoms with Crippen LogP contribution in [0.3, 0.4) is 0 Å². The van der Waals surface area contributed by atoms with Crippen LogP contribution in [0.1, 0.15) is 26.5 Å². The number of anilines is 1. The van der Waals surface area contributed by atoms with Crippen LogP contribution in [0.15, 0.2) is 30.5 Å². The summed E-state index contributed by atoms with van der Waals surface area (Å²) in [6.07, 6.45) is 0.780. The second-order valence-corrected chi connectivity index (χ2v) is 7.05. The number of nitrogens with zero attached hydrogens (tertiary/aromatic N) is 2. The Labute approximate surface area is 149 Å². The van der Waals surface area contributed by atoms with Gasteiger partial charge in [-0.1, -0.05) is 0 Å². The maximum Gasteiger partial charge on any atom is 0.419 e. The second-order valence-electron chi connectivity index (χ2n) is 7.05. The molecule has 136 valence electrons. The fraction of sp³-hybridized carbons (Fsp3) is 0.263. The van der Waals surface area contributed by atoms with Crippen LogP contribution in [-0.4, -0.2) is 21.2 Å². The summed E-state index contributed by atoms with van der Waals surface area (Å²) in [5, 5.41) is 0.353. The summed E-state index contributed by atoms with van der Waals surface area (Å²) in [7, 11) is 0. The van der Waals surface area contributed by atoms with E-state index in [0.717, 1.165) is 16.7 Å². The van der Waals surface area contributed by atoms with E-state index >= 15 is 0 Å². The number of aromatic nitrogens is 2. The Balaban J connectivity index is 2.25. The summed E-state index contributed by atoms with van der Waals surface area (Å²) in [6.45, 7) is 6.92. The summed E-state index contributed by atoms with van der Waals surface area (Å²) in [5.74, 6) is -2.05. The number of aryl methyl sites for hydroxylation is 1. The highest BCUT2D eigenvalue weighted by Crippen LogP contribution is 2.32. The van der Waals surface area contributed by atoms with Crippen LogP contribution >= 0.6 is 0 Å². The van der Waals surface area contributed by atoms with Crippen molar-refractivity contribution in [3.05, 3.63) is 47.8 Å². The zero-order valence-corrected chi connectivity index (χ0v) is 14.9. The van der Waals surface area contributed by atoms with Crippen LogP contribution in [0.5, 0.6) is 0 Å². The highest BCUT2D eigenvalue weighted by Gasteiger charge is 2.23. The first-order chi connectivity index (χ1) is 12.1. The van der Waals surface area contributed by atoms with E-state index in [0.29, 0.717) is 28.0 Å². The number of nitrogen functional groups attached to an aromatic ring is 1. The smallest absolute Gasteiger partial charge is 0.419 e. The number of benzene rings is 1. The van der Waals surface area contributed by atoms with Gasteiger partial charge < -0.3 is 10.5 Å². The number of carbonyl (C=O) groups excluding carboxylic acids is 1. The third-order valence-corrected chi connectivity index (χ3v) is 3.84. The van der Waals surface area contributed by atoms with Gasteiger partial charge in [-0.05, 0) is 45.9 Å². The van der Waals surface area contributed by atoms with E-state index in [1.54, 1.807) is 39.8 Å². The van der Waals surface area contributed by atoms with Gasteiger partial charge in [0.2, 0.25) is 0 Å². The Morgan fingerprint density at radius 3 is 2.46 bits per heavy atom. The monoisotopic (exact) mass is 359 g/mol. The molecule has 3 rings (SSSR count). The van der Waals surface area contributed by atoms with E-state index in [-0.39, 0.29) is 5.52 Å². The van der Waals surface area contributed by atoms with Crippen molar-refractivity contribution in [1.29, 1.82) is 0 Å². The first-order valence-corrected chi connectivity index (χ1v) is 8.04. The number of halogens is 2. The van der Waals surface area contributed by atoms with Crippen LogP contribution in [-0.2, 0) is 4.74 Å². The lowest BCUT2D eigenvalue weighted by Crippen LogP contribution is -2.26. The third kappa shape index (κ3) is 3.24. The number of rotatable bonds is 1. The van der Waals surface area contributed by atoms with Gasteiger partial charge in [-0.2, -0.15) is 0 Å². The van der Waals surface area contributed by atoms with Crippen LogP contribution in [0, 0.1) is 18.6 Å². The van der Waals surface area contributed by atoms with Crippen molar-refractivity contribution in [2.45, 2.75) is 33.3 Å². The van der Waals surface area contributed by atoms with E-state index in [4.69, 9.17) is 10.5 Å². The van der Waals surface area contributed by atoms with Crippen molar-refractivity contribution < 1.29 is 18.3 Å². The van der Waals surface area contributed by atoms with E-state index in [9.17, 15) is 13.6 Å². The largest absolute Gasteiger partial charge is 0.443 e. The molecule has 26 heavy (non-hydrogen) atoms. The molecule has 5 nitrogen and oxygen atoms in total. The van der Waals surface area contributed by atoms with Gasteiger partial charge in [-0.15, -0.1) is 0 Å². The quantitative estimate of drug-likeness (QED) is 0.686. The molecule has 0 spiro atoms. The molecule has 0 amide bonds. The van der Waals surface area contributed by atoms with Gasteiger partial charge in [0.25, 0.3) is 0 Å². The lowest BCUT2D eigenvalue weighted by Gasteiger charge is -2.19. The van der Waals surface area contributed by atoms with Crippen molar-refractivity contribution >= 4 is 22.7 Å². The normalized spacial score (nSPS) is 11.8. The van der Waals surface area contributed by atoms with Gasteiger partial charge in [0, 0.05) is 23.2 Å². The third-order valence-electron chi connectivity index (χ3n) is 3.84. The van der Waals surface area contributed by atoms with Crippen molar-refractivity contribution in [3.63, 3.8) is 0 Å². The summed E-state index contributed by atoms with van der Waals surface area (Å²) in [5.41, 5.74) is 7.35. The summed E-state index contributed by atoms with van der Waals surface area (Å²) in [6, 6.07) is 5.36.